The topological polar surface area (TPSA) is 98.0 Å². The predicted molar refractivity (Wildman–Crippen MR) is 178 cm³/mol. The lowest BCUT2D eigenvalue weighted by Crippen LogP contribution is -2.17. The maximum atomic E-state index is 11.4. The van der Waals surface area contributed by atoms with Crippen molar-refractivity contribution in [3.63, 3.8) is 0 Å². The van der Waals surface area contributed by atoms with Crippen molar-refractivity contribution in [3.05, 3.63) is 58.2 Å². The number of hydrogen-bond donors (Lipinski definition) is 4. The van der Waals surface area contributed by atoms with Gasteiger partial charge in [0.1, 0.15) is 0 Å². The normalized spacial score (nSPS) is 18.6. The van der Waals surface area contributed by atoms with Crippen molar-refractivity contribution in [1.29, 1.82) is 0 Å². The zero-order chi connectivity index (χ0) is 31.6. The van der Waals surface area contributed by atoms with Crippen LogP contribution in [0.2, 0.25) is 0 Å². The minimum atomic E-state index is -0.801. The number of aliphatic carboxylic acids is 1. The van der Waals surface area contributed by atoms with E-state index in [9.17, 15) is 25.2 Å². The van der Waals surface area contributed by atoms with Crippen molar-refractivity contribution in [1.82, 2.24) is 0 Å². The number of carbonyl (C=O) groups is 1. The van der Waals surface area contributed by atoms with E-state index in [-0.39, 0.29) is 13.0 Å². The Labute approximate surface area is 262 Å². The zero-order valence-corrected chi connectivity index (χ0v) is 27.7. The third-order valence-electron chi connectivity index (χ3n) is 9.42. The van der Waals surface area contributed by atoms with E-state index in [0.29, 0.717) is 24.2 Å². The molecule has 1 aromatic rings. The van der Waals surface area contributed by atoms with Crippen molar-refractivity contribution in [2.24, 2.45) is 17.8 Å². The van der Waals surface area contributed by atoms with E-state index in [1.807, 2.05) is 6.08 Å². The molecule has 0 saturated carbocycles. The largest absolute Gasteiger partial charge is 0.481 e. The van der Waals surface area contributed by atoms with Gasteiger partial charge in [-0.15, -0.1) is 0 Å². The summed E-state index contributed by atoms with van der Waals surface area (Å²) in [6.45, 7) is 8.61. The van der Waals surface area contributed by atoms with Crippen LogP contribution in [0.4, 0.5) is 0 Å². The average molecular weight is 599 g/mol. The summed E-state index contributed by atoms with van der Waals surface area (Å²) in [5.74, 6) is 0.695. The lowest BCUT2D eigenvalue weighted by Gasteiger charge is -2.27. The molecule has 4 N–H and O–H groups in total. The Kier molecular flexibility index (Phi) is 18.1. The van der Waals surface area contributed by atoms with Crippen molar-refractivity contribution in [2.75, 3.05) is 6.61 Å². The molecule has 244 valence electrons. The molecule has 0 radical (unpaired) electrons. The number of carboxylic acids is 1. The minimum Gasteiger partial charge on any atom is -0.481 e. The first-order chi connectivity index (χ1) is 20.7. The molecule has 0 aliphatic heterocycles. The Morgan fingerprint density at radius 1 is 1.00 bits per heavy atom. The average Bonchev–Trinajstić information content (AvgIpc) is 2.98. The molecule has 5 nitrogen and oxygen atoms in total. The molecule has 1 aromatic carbocycles. The fourth-order valence-electron chi connectivity index (χ4n) is 6.69. The summed E-state index contributed by atoms with van der Waals surface area (Å²) in [6, 6.07) is 6.71. The summed E-state index contributed by atoms with van der Waals surface area (Å²) in [7, 11) is 0. The fraction of sp³-hybridized carbons (Fsp3) is 0.711. The third kappa shape index (κ3) is 14.6. The number of hydrogen-bond acceptors (Lipinski definition) is 4. The van der Waals surface area contributed by atoms with Gasteiger partial charge in [-0.05, 0) is 104 Å². The number of unbranched alkanes of at least 4 members (excludes halogenated alkanes) is 2. The molecule has 43 heavy (non-hydrogen) atoms. The molecular formula is C38H62O5. The Balaban J connectivity index is 2.43. The van der Waals surface area contributed by atoms with Gasteiger partial charge in [-0.2, -0.15) is 0 Å². The van der Waals surface area contributed by atoms with Crippen LogP contribution < -0.4 is 0 Å². The second kappa shape index (κ2) is 20.9. The maximum Gasteiger partial charge on any atom is 0.303 e. The van der Waals surface area contributed by atoms with E-state index in [2.05, 4.69) is 52.0 Å². The molecule has 0 heterocycles. The number of carboxylic acid groups (broad SMARTS) is 1. The molecule has 0 fully saturated rings. The predicted octanol–water partition coefficient (Wildman–Crippen LogP) is 8.37. The molecule has 1 aliphatic carbocycles. The van der Waals surface area contributed by atoms with Crippen molar-refractivity contribution < 1.29 is 25.2 Å². The highest BCUT2D eigenvalue weighted by Crippen LogP contribution is 2.35. The first-order valence-electron chi connectivity index (χ1n) is 17.3. The van der Waals surface area contributed by atoms with Gasteiger partial charge in [0.05, 0.1) is 18.8 Å². The number of aliphatic hydroxyl groups excluding tert-OH is 3. The number of aryl methyl sites for hydroxylation is 2. The van der Waals surface area contributed by atoms with Crippen molar-refractivity contribution in [2.45, 2.75) is 149 Å². The number of aliphatic hydroxyl groups is 3. The van der Waals surface area contributed by atoms with E-state index in [1.54, 1.807) is 0 Å². The maximum absolute atomic E-state index is 11.4. The standard InChI is InChI=1S/C38H62O5/c1-5-7-8-12-35(40)22-21-32-19-20-33-11-9-10-31(6-2)37(33)23-17-30(25-34(32)26-36(41)27-39)16-15-29(14-13-28(3)4)18-24-38(42)43/h9-11,21-22,28-30,35-36,39-41H,5-8,12-20,23-27H2,1-4H3,(H,42,43). The molecule has 0 saturated heterocycles. The first-order valence-corrected chi connectivity index (χ1v) is 17.3. The lowest BCUT2D eigenvalue weighted by atomic mass is 9.79. The highest BCUT2D eigenvalue weighted by Gasteiger charge is 2.22. The molecule has 0 amide bonds. The monoisotopic (exact) mass is 598 g/mol. The van der Waals surface area contributed by atoms with Crippen molar-refractivity contribution in [3.8, 4) is 0 Å². The molecule has 0 bridgehead atoms. The van der Waals surface area contributed by atoms with Gasteiger partial charge >= 0.3 is 5.97 Å². The summed E-state index contributed by atoms with van der Waals surface area (Å²) >= 11 is 0. The van der Waals surface area contributed by atoms with Gasteiger partial charge in [-0.1, -0.05) is 102 Å². The molecule has 4 unspecified atom stereocenters. The van der Waals surface area contributed by atoms with Crippen LogP contribution >= 0.6 is 0 Å². The van der Waals surface area contributed by atoms with Crippen LogP contribution in [-0.2, 0) is 24.1 Å². The van der Waals surface area contributed by atoms with Crippen LogP contribution in [0.3, 0.4) is 0 Å². The molecule has 2 rings (SSSR count). The lowest BCUT2D eigenvalue weighted by molar-refractivity contribution is -0.137. The summed E-state index contributed by atoms with van der Waals surface area (Å²) in [6.07, 6.45) is 18.1. The summed E-state index contributed by atoms with van der Waals surface area (Å²) in [5, 5.41) is 40.5. The van der Waals surface area contributed by atoms with Crippen LogP contribution in [0, 0.1) is 17.8 Å². The Morgan fingerprint density at radius 3 is 2.47 bits per heavy atom. The second-order valence-corrected chi connectivity index (χ2v) is 13.5. The molecule has 5 heteroatoms. The highest BCUT2D eigenvalue weighted by atomic mass is 16.4. The molecule has 1 aliphatic rings. The van der Waals surface area contributed by atoms with Gasteiger partial charge in [-0.25, -0.2) is 0 Å². The smallest absolute Gasteiger partial charge is 0.303 e. The Bertz CT molecular complexity index is 994. The van der Waals surface area contributed by atoms with Crippen LogP contribution in [0.5, 0.6) is 0 Å². The van der Waals surface area contributed by atoms with Crippen LogP contribution in [0.1, 0.15) is 134 Å². The first kappa shape index (κ1) is 37.2. The third-order valence-corrected chi connectivity index (χ3v) is 9.42. The molecular weight excluding hydrogens is 536 g/mol. The van der Waals surface area contributed by atoms with E-state index in [0.717, 1.165) is 96.3 Å². The van der Waals surface area contributed by atoms with Crippen LogP contribution in [-0.4, -0.2) is 45.2 Å². The summed E-state index contributed by atoms with van der Waals surface area (Å²) < 4.78 is 0. The number of fused-ring (bicyclic) bond motifs is 1. The fourth-order valence-corrected chi connectivity index (χ4v) is 6.69. The molecule has 0 aromatic heterocycles. The SMILES string of the molecule is CCCCCC(O)C=CC1=C(CC(O)CO)CC(CCC(CCC(=O)O)CCC(C)C)CCc2c(CC)cccc2CC1. The summed E-state index contributed by atoms with van der Waals surface area (Å²) in [4.78, 5) is 11.4. The summed E-state index contributed by atoms with van der Waals surface area (Å²) in [5.41, 5.74) is 6.69. The minimum absolute atomic E-state index is 0.226. The molecule has 0 spiro atoms. The van der Waals surface area contributed by atoms with Crippen LogP contribution in [0.25, 0.3) is 0 Å². The quantitative estimate of drug-likeness (QED) is 0.120. The van der Waals surface area contributed by atoms with E-state index in [1.165, 1.54) is 27.8 Å². The number of benzene rings is 1. The van der Waals surface area contributed by atoms with Gasteiger partial charge in [0.2, 0.25) is 0 Å². The van der Waals surface area contributed by atoms with E-state index in [4.69, 9.17) is 0 Å². The van der Waals surface area contributed by atoms with Gasteiger partial charge < -0.3 is 20.4 Å². The van der Waals surface area contributed by atoms with E-state index >= 15 is 0 Å². The zero-order valence-electron chi connectivity index (χ0n) is 27.7. The molecule has 4 atom stereocenters. The van der Waals surface area contributed by atoms with Crippen molar-refractivity contribution >= 4 is 5.97 Å². The van der Waals surface area contributed by atoms with Gasteiger partial charge in [0.15, 0.2) is 0 Å². The Morgan fingerprint density at radius 2 is 1.79 bits per heavy atom. The van der Waals surface area contributed by atoms with Gasteiger partial charge in [0.25, 0.3) is 0 Å². The van der Waals surface area contributed by atoms with Gasteiger partial charge in [-0.3, -0.25) is 4.79 Å². The van der Waals surface area contributed by atoms with Gasteiger partial charge in [0, 0.05) is 6.42 Å². The number of rotatable bonds is 19. The highest BCUT2D eigenvalue weighted by molar-refractivity contribution is 5.66. The Hall–Kier alpha value is -1.95. The van der Waals surface area contributed by atoms with E-state index < -0.39 is 18.2 Å². The number of allylic oxidation sites excluding steroid dienone is 2. The van der Waals surface area contributed by atoms with Crippen LogP contribution in [0.15, 0.2) is 41.5 Å². The second-order valence-electron chi connectivity index (χ2n) is 13.5.